The summed E-state index contributed by atoms with van der Waals surface area (Å²) >= 11 is 0. The zero-order valence-electron chi connectivity index (χ0n) is 13.9. The molecular formula is C20H27NO. The van der Waals surface area contributed by atoms with Gasteiger partial charge in [-0.05, 0) is 74.0 Å². The number of hydrogen-bond acceptors (Lipinski definition) is 2. The molecule has 4 aliphatic rings. The van der Waals surface area contributed by atoms with Crippen molar-refractivity contribution in [3.8, 4) is 6.07 Å². The second-order valence-corrected chi connectivity index (χ2v) is 8.79. The monoisotopic (exact) mass is 297 g/mol. The predicted molar refractivity (Wildman–Crippen MR) is 85.8 cm³/mol. The first-order chi connectivity index (χ1) is 10.5. The molecule has 4 rings (SSSR count). The smallest absolute Gasteiger partial charge is 0.139 e. The van der Waals surface area contributed by atoms with Gasteiger partial charge < -0.3 is 0 Å². The number of hydrogen-bond donors (Lipinski definition) is 0. The molecule has 0 N–H and O–H groups in total. The average molecular weight is 297 g/mol. The maximum absolute atomic E-state index is 12.4. The Bertz CT molecular complexity index is 585. The zero-order valence-corrected chi connectivity index (χ0v) is 13.9. The van der Waals surface area contributed by atoms with Crippen LogP contribution >= 0.6 is 0 Å². The highest BCUT2D eigenvalue weighted by Crippen LogP contribution is 2.64. The van der Waals surface area contributed by atoms with Gasteiger partial charge in [-0.3, -0.25) is 4.79 Å². The van der Waals surface area contributed by atoms with Crippen molar-refractivity contribution in [3.05, 3.63) is 11.6 Å². The number of ketones is 1. The van der Waals surface area contributed by atoms with E-state index in [1.54, 1.807) is 0 Å². The Hall–Kier alpha value is -1.10. The van der Waals surface area contributed by atoms with Crippen LogP contribution in [-0.4, -0.2) is 5.78 Å². The lowest BCUT2D eigenvalue weighted by molar-refractivity contribution is -0.135. The molecule has 0 bridgehead atoms. The first kappa shape index (κ1) is 14.5. The molecule has 118 valence electrons. The third-order valence-electron chi connectivity index (χ3n) is 8.13. The zero-order chi connectivity index (χ0) is 15.5. The van der Waals surface area contributed by atoms with Gasteiger partial charge in [-0.25, -0.2) is 0 Å². The topological polar surface area (TPSA) is 40.9 Å². The largest absolute Gasteiger partial charge is 0.299 e. The summed E-state index contributed by atoms with van der Waals surface area (Å²) < 4.78 is 0. The van der Waals surface area contributed by atoms with E-state index >= 15 is 0 Å². The standard InChI is InChI=1S/C20H27NO/c1-19-9-7-13(12-21)11-14(19)3-4-15-16-5-6-18(22)20(16,2)10-8-17(15)19/h11,14-17H,3-10H2,1-2H3/t14-,15?,16?,17?,19-,20-/m0/s1. The van der Waals surface area contributed by atoms with E-state index in [-0.39, 0.29) is 5.41 Å². The summed E-state index contributed by atoms with van der Waals surface area (Å²) in [6.07, 6.45) is 11.2. The van der Waals surface area contributed by atoms with Crippen molar-refractivity contribution in [3.63, 3.8) is 0 Å². The van der Waals surface area contributed by atoms with Crippen molar-refractivity contribution in [1.82, 2.24) is 0 Å². The highest BCUT2D eigenvalue weighted by atomic mass is 16.1. The third kappa shape index (κ3) is 1.75. The number of allylic oxidation sites excluding steroid dienone is 2. The molecule has 0 saturated heterocycles. The van der Waals surface area contributed by atoms with Gasteiger partial charge in [0.2, 0.25) is 0 Å². The van der Waals surface area contributed by atoms with Crippen LogP contribution in [0, 0.1) is 45.8 Å². The van der Waals surface area contributed by atoms with E-state index < -0.39 is 0 Å². The SMILES string of the molecule is C[C@]12CCC3C(CC[C@H]4C=C(C#N)CC[C@]34C)C1CCC2=O. The highest BCUT2D eigenvalue weighted by molar-refractivity contribution is 5.87. The van der Waals surface area contributed by atoms with Crippen molar-refractivity contribution < 1.29 is 4.79 Å². The summed E-state index contributed by atoms with van der Waals surface area (Å²) in [5.74, 6) is 3.30. The van der Waals surface area contributed by atoms with Crippen LogP contribution in [-0.2, 0) is 4.79 Å². The van der Waals surface area contributed by atoms with Crippen molar-refractivity contribution in [2.45, 2.75) is 65.2 Å². The van der Waals surface area contributed by atoms with Crippen LogP contribution < -0.4 is 0 Å². The molecule has 4 aliphatic carbocycles. The van der Waals surface area contributed by atoms with E-state index in [0.717, 1.165) is 43.1 Å². The lowest BCUT2D eigenvalue weighted by Crippen LogP contribution is -2.52. The number of nitriles is 1. The van der Waals surface area contributed by atoms with E-state index in [1.165, 1.54) is 25.7 Å². The molecule has 0 amide bonds. The molecule has 3 saturated carbocycles. The predicted octanol–water partition coefficient (Wildman–Crippen LogP) is 4.66. The molecule has 3 fully saturated rings. The molecule has 22 heavy (non-hydrogen) atoms. The molecule has 2 heteroatoms. The molecule has 3 unspecified atom stereocenters. The number of carbonyl (C=O) groups excluding carboxylic acids is 1. The number of carbonyl (C=O) groups is 1. The lowest BCUT2D eigenvalue weighted by atomic mass is 9.46. The van der Waals surface area contributed by atoms with Gasteiger partial charge in [0.25, 0.3) is 0 Å². The molecule has 0 radical (unpaired) electrons. The number of rotatable bonds is 0. The van der Waals surface area contributed by atoms with Crippen LogP contribution in [0.3, 0.4) is 0 Å². The molecule has 2 nitrogen and oxygen atoms in total. The van der Waals surface area contributed by atoms with Crippen LogP contribution in [0.25, 0.3) is 0 Å². The number of nitrogens with zero attached hydrogens (tertiary/aromatic N) is 1. The van der Waals surface area contributed by atoms with Gasteiger partial charge in [-0.15, -0.1) is 0 Å². The normalized spacial score (nSPS) is 50.4. The van der Waals surface area contributed by atoms with Crippen molar-refractivity contribution in [1.29, 1.82) is 5.26 Å². The maximum atomic E-state index is 12.4. The Morgan fingerprint density at radius 1 is 1.09 bits per heavy atom. The summed E-state index contributed by atoms with van der Waals surface area (Å²) in [6.45, 7) is 4.74. The Morgan fingerprint density at radius 2 is 1.91 bits per heavy atom. The Labute approximate surface area is 134 Å². The van der Waals surface area contributed by atoms with Crippen molar-refractivity contribution in [2.24, 2.45) is 34.5 Å². The second kappa shape index (κ2) is 4.70. The lowest BCUT2D eigenvalue weighted by Gasteiger charge is -2.58. The van der Waals surface area contributed by atoms with E-state index in [0.29, 0.717) is 23.0 Å². The molecule has 0 spiro atoms. The molecular weight excluding hydrogens is 270 g/mol. The average Bonchev–Trinajstić information content (AvgIpc) is 2.82. The molecule has 0 aromatic carbocycles. The van der Waals surface area contributed by atoms with Gasteiger partial charge in [0.1, 0.15) is 5.78 Å². The van der Waals surface area contributed by atoms with Gasteiger partial charge in [-0.2, -0.15) is 5.26 Å². The van der Waals surface area contributed by atoms with Crippen LogP contribution in [0.1, 0.15) is 65.2 Å². The van der Waals surface area contributed by atoms with Crippen LogP contribution in [0.5, 0.6) is 0 Å². The molecule has 0 aromatic rings. The molecule has 0 heterocycles. The highest BCUT2D eigenvalue weighted by Gasteiger charge is 2.59. The second-order valence-electron chi connectivity index (χ2n) is 8.79. The summed E-state index contributed by atoms with van der Waals surface area (Å²) in [4.78, 5) is 12.4. The van der Waals surface area contributed by atoms with Gasteiger partial charge in [0, 0.05) is 17.4 Å². The fourth-order valence-corrected chi connectivity index (χ4v) is 6.72. The van der Waals surface area contributed by atoms with Gasteiger partial charge >= 0.3 is 0 Å². The van der Waals surface area contributed by atoms with Gasteiger partial charge in [0.15, 0.2) is 0 Å². The van der Waals surface area contributed by atoms with Crippen LogP contribution in [0.2, 0.25) is 0 Å². The molecule has 0 aromatic heterocycles. The third-order valence-corrected chi connectivity index (χ3v) is 8.13. The summed E-state index contributed by atoms with van der Waals surface area (Å²) in [5, 5.41) is 9.23. The Balaban J connectivity index is 1.66. The Kier molecular flexibility index (Phi) is 3.09. The number of fused-ring (bicyclic) bond motifs is 5. The van der Waals surface area contributed by atoms with Crippen LogP contribution in [0.15, 0.2) is 11.6 Å². The molecule has 6 atom stereocenters. The van der Waals surface area contributed by atoms with Crippen molar-refractivity contribution in [2.75, 3.05) is 0 Å². The summed E-state index contributed by atoms with van der Waals surface area (Å²) in [7, 11) is 0. The minimum atomic E-state index is -0.00726. The van der Waals surface area contributed by atoms with E-state index in [2.05, 4.69) is 26.0 Å². The van der Waals surface area contributed by atoms with Gasteiger partial charge in [0.05, 0.1) is 6.07 Å². The minimum absolute atomic E-state index is 0.00726. The Morgan fingerprint density at radius 3 is 2.68 bits per heavy atom. The molecule has 0 aliphatic heterocycles. The van der Waals surface area contributed by atoms with Crippen LogP contribution in [0.4, 0.5) is 0 Å². The van der Waals surface area contributed by atoms with E-state index in [1.807, 2.05) is 0 Å². The van der Waals surface area contributed by atoms with Gasteiger partial charge in [-0.1, -0.05) is 19.9 Å². The number of Topliss-reactive ketones (excluding diaryl/α,β-unsaturated/α-hetero) is 1. The first-order valence-electron chi connectivity index (χ1n) is 9.13. The van der Waals surface area contributed by atoms with E-state index in [9.17, 15) is 10.1 Å². The fraction of sp³-hybridized carbons (Fsp3) is 0.800. The first-order valence-corrected chi connectivity index (χ1v) is 9.13. The quantitative estimate of drug-likeness (QED) is 0.652. The maximum Gasteiger partial charge on any atom is 0.139 e. The van der Waals surface area contributed by atoms with Crippen molar-refractivity contribution >= 4 is 5.78 Å². The van der Waals surface area contributed by atoms with E-state index in [4.69, 9.17) is 0 Å². The summed E-state index contributed by atoms with van der Waals surface area (Å²) in [6, 6.07) is 2.39. The minimum Gasteiger partial charge on any atom is -0.299 e. The fourth-order valence-electron chi connectivity index (χ4n) is 6.72. The summed E-state index contributed by atoms with van der Waals surface area (Å²) in [5.41, 5.74) is 1.38.